The van der Waals surface area contributed by atoms with E-state index >= 15 is 0 Å². The van der Waals surface area contributed by atoms with Crippen LogP contribution in [0.3, 0.4) is 0 Å². The predicted octanol–water partition coefficient (Wildman–Crippen LogP) is 2.85. The molecule has 104 valence electrons. The minimum Gasteiger partial charge on any atom is -0.399 e. The van der Waals surface area contributed by atoms with Crippen molar-refractivity contribution in [3.05, 3.63) is 29.8 Å². The maximum Gasteiger partial charge on any atom is 0.222 e. The van der Waals surface area contributed by atoms with E-state index in [9.17, 15) is 4.79 Å². The summed E-state index contributed by atoms with van der Waals surface area (Å²) in [6.07, 6.45) is 5.04. The lowest BCUT2D eigenvalue weighted by Gasteiger charge is -2.32. The predicted molar refractivity (Wildman–Crippen MR) is 78.8 cm³/mol. The van der Waals surface area contributed by atoms with Gasteiger partial charge in [-0.3, -0.25) is 4.79 Å². The Morgan fingerprint density at radius 2 is 2.11 bits per heavy atom. The average Bonchev–Trinajstić information content (AvgIpc) is 2.46. The van der Waals surface area contributed by atoms with Gasteiger partial charge in [0.1, 0.15) is 0 Å². The van der Waals surface area contributed by atoms with Gasteiger partial charge in [0.25, 0.3) is 0 Å². The Labute approximate surface area is 115 Å². The van der Waals surface area contributed by atoms with Gasteiger partial charge in [0.05, 0.1) is 0 Å². The molecule has 1 heterocycles. The van der Waals surface area contributed by atoms with Gasteiger partial charge in [-0.15, -0.1) is 0 Å². The smallest absolute Gasteiger partial charge is 0.222 e. The van der Waals surface area contributed by atoms with Crippen molar-refractivity contribution in [2.24, 2.45) is 5.92 Å². The lowest BCUT2D eigenvalue weighted by atomic mass is 9.95. The molecule has 3 heteroatoms. The van der Waals surface area contributed by atoms with Gasteiger partial charge < -0.3 is 10.6 Å². The highest BCUT2D eigenvalue weighted by Gasteiger charge is 2.21. The summed E-state index contributed by atoms with van der Waals surface area (Å²) in [5.41, 5.74) is 7.62. The van der Waals surface area contributed by atoms with Crippen molar-refractivity contribution in [3.8, 4) is 0 Å². The largest absolute Gasteiger partial charge is 0.399 e. The van der Waals surface area contributed by atoms with Crippen LogP contribution in [0.4, 0.5) is 5.69 Å². The van der Waals surface area contributed by atoms with Gasteiger partial charge in [0.2, 0.25) is 5.91 Å². The zero-order chi connectivity index (χ0) is 13.7. The Morgan fingerprint density at radius 1 is 1.37 bits per heavy atom. The van der Waals surface area contributed by atoms with Crippen LogP contribution in [0.5, 0.6) is 0 Å². The van der Waals surface area contributed by atoms with Crippen LogP contribution in [0.15, 0.2) is 24.3 Å². The fraction of sp³-hybridized carbons (Fsp3) is 0.562. The number of likely N-dealkylation sites (tertiary alicyclic amines) is 1. The van der Waals surface area contributed by atoms with Gasteiger partial charge in [0, 0.05) is 25.2 Å². The lowest BCUT2D eigenvalue weighted by Crippen LogP contribution is -2.39. The molecule has 0 spiro atoms. The number of carbonyl (C=O) groups excluding carboxylic acids is 1. The Morgan fingerprint density at radius 3 is 2.79 bits per heavy atom. The zero-order valence-electron chi connectivity index (χ0n) is 11.8. The SMILES string of the molecule is CCC1CCCN(C(=O)CCc2ccc(N)cc2)C1. The second-order valence-corrected chi connectivity index (χ2v) is 5.50. The molecule has 1 amide bonds. The molecule has 1 aromatic rings. The van der Waals surface area contributed by atoms with Gasteiger partial charge in [-0.25, -0.2) is 0 Å². The van der Waals surface area contributed by atoms with Crippen LogP contribution in [-0.4, -0.2) is 23.9 Å². The quantitative estimate of drug-likeness (QED) is 0.846. The Balaban J connectivity index is 1.82. The molecule has 0 aromatic heterocycles. The molecule has 1 aliphatic heterocycles. The number of piperidine rings is 1. The number of benzene rings is 1. The van der Waals surface area contributed by atoms with Crippen molar-refractivity contribution in [1.82, 2.24) is 4.90 Å². The molecule has 1 unspecified atom stereocenters. The third kappa shape index (κ3) is 3.98. The third-order valence-electron chi connectivity index (χ3n) is 4.06. The highest BCUT2D eigenvalue weighted by Crippen LogP contribution is 2.20. The summed E-state index contributed by atoms with van der Waals surface area (Å²) in [6, 6.07) is 7.81. The van der Waals surface area contributed by atoms with Crippen LogP contribution in [0.2, 0.25) is 0 Å². The van der Waals surface area contributed by atoms with Crippen LogP contribution in [0, 0.1) is 5.92 Å². The van der Waals surface area contributed by atoms with E-state index in [2.05, 4.69) is 11.8 Å². The molecule has 2 rings (SSSR count). The third-order valence-corrected chi connectivity index (χ3v) is 4.06. The molecule has 19 heavy (non-hydrogen) atoms. The van der Waals surface area contributed by atoms with E-state index in [1.165, 1.54) is 18.4 Å². The van der Waals surface area contributed by atoms with Gasteiger partial charge in [0.15, 0.2) is 0 Å². The summed E-state index contributed by atoms with van der Waals surface area (Å²) in [5.74, 6) is 1.00. The van der Waals surface area contributed by atoms with Crippen molar-refractivity contribution < 1.29 is 4.79 Å². The number of aryl methyl sites for hydroxylation is 1. The van der Waals surface area contributed by atoms with E-state index in [4.69, 9.17) is 5.73 Å². The summed E-state index contributed by atoms with van der Waals surface area (Å²) in [4.78, 5) is 14.3. The van der Waals surface area contributed by atoms with Crippen LogP contribution >= 0.6 is 0 Å². The molecule has 0 saturated carbocycles. The Hall–Kier alpha value is -1.51. The second-order valence-electron chi connectivity index (χ2n) is 5.50. The first-order chi connectivity index (χ1) is 9.19. The Kier molecular flexibility index (Phi) is 4.83. The number of carbonyl (C=O) groups is 1. The van der Waals surface area contributed by atoms with Crippen LogP contribution in [-0.2, 0) is 11.2 Å². The van der Waals surface area contributed by atoms with E-state index in [1.807, 2.05) is 24.3 Å². The highest BCUT2D eigenvalue weighted by atomic mass is 16.2. The average molecular weight is 260 g/mol. The number of rotatable bonds is 4. The van der Waals surface area contributed by atoms with Crippen molar-refractivity contribution in [1.29, 1.82) is 0 Å². The molecular formula is C16H24N2O. The number of amides is 1. The van der Waals surface area contributed by atoms with Crippen LogP contribution < -0.4 is 5.73 Å². The summed E-state index contributed by atoms with van der Waals surface area (Å²) in [5, 5.41) is 0. The van der Waals surface area contributed by atoms with Crippen LogP contribution in [0.1, 0.15) is 38.2 Å². The van der Waals surface area contributed by atoms with E-state index in [1.54, 1.807) is 0 Å². The molecule has 0 bridgehead atoms. The number of hydrogen-bond acceptors (Lipinski definition) is 2. The van der Waals surface area contributed by atoms with Crippen molar-refractivity contribution in [3.63, 3.8) is 0 Å². The maximum absolute atomic E-state index is 12.2. The molecule has 1 saturated heterocycles. The molecule has 1 atom stereocenters. The maximum atomic E-state index is 12.2. The van der Waals surface area contributed by atoms with Gasteiger partial charge in [-0.2, -0.15) is 0 Å². The van der Waals surface area contributed by atoms with Gasteiger partial charge in [-0.1, -0.05) is 25.5 Å². The van der Waals surface area contributed by atoms with Crippen molar-refractivity contribution >= 4 is 11.6 Å². The first-order valence-corrected chi connectivity index (χ1v) is 7.31. The van der Waals surface area contributed by atoms with Gasteiger partial charge in [-0.05, 0) is 42.9 Å². The second kappa shape index (κ2) is 6.60. The zero-order valence-corrected chi connectivity index (χ0v) is 11.8. The van der Waals surface area contributed by atoms with E-state index in [0.717, 1.165) is 31.6 Å². The first kappa shape index (κ1) is 13.9. The molecule has 1 aromatic carbocycles. The molecule has 0 radical (unpaired) electrons. The molecule has 1 aliphatic rings. The number of nitrogen functional groups attached to an aromatic ring is 1. The number of hydrogen-bond donors (Lipinski definition) is 1. The minimum atomic E-state index is 0.301. The molecule has 3 nitrogen and oxygen atoms in total. The summed E-state index contributed by atoms with van der Waals surface area (Å²) in [7, 11) is 0. The molecular weight excluding hydrogens is 236 g/mol. The van der Waals surface area contributed by atoms with Crippen molar-refractivity contribution in [2.45, 2.75) is 39.0 Å². The number of nitrogens with two attached hydrogens (primary N) is 1. The summed E-state index contributed by atoms with van der Waals surface area (Å²) in [6.45, 7) is 4.11. The fourth-order valence-corrected chi connectivity index (χ4v) is 2.72. The topological polar surface area (TPSA) is 46.3 Å². The Bertz CT molecular complexity index is 413. The molecule has 1 fully saturated rings. The number of nitrogens with zero attached hydrogens (tertiary/aromatic N) is 1. The monoisotopic (exact) mass is 260 g/mol. The first-order valence-electron chi connectivity index (χ1n) is 7.31. The van der Waals surface area contributed by atoms with E-state index < -0.39 is 0 Å². The van der Waals surface area contributed by atoms with E-state index in [0.29, 0.717) is 18.2 Å². The fourth-order valence-electron chi connectivity index (χ4n) is 2.72. The van der Waals surface area contributed by atoms with Crippen LogP contribution in [0.25, 0.3) is 0 Å². The number of anilines is 1. The summed E-state index contributed by atoms with van der Waals surface area (Å²) < 4.78 is 0. The van der Waals surface area contributed by atoms with Crippen molar-refractivity contribution in [2.75, 3.05) is 18.8 Å². The summed E-state index contributed by atoms with van der Waals surface area (Å²) >= 11 is 0. The highest BCUT2D eigenvalue weighted by molar-refractivity contribution is 5.76. The van der Waals surface area contributed by atoms with E-state index in [-0.39, 0.29) is 0 Å². The van der Waals surface area contributed by atoms with Gasteiger partial charge >= 0.3 is 0 Å². The standard InChI is InChI=1S/C16H24N2O/c1-2-13-4-3-11-18(12-13)16(19)10-7-14-5-8-15(17)9-6-14/h5-6,8-9,13H,2-4,7,10-12,17H2,1H3. The normalized spacial score (nSPS) is 19.4. The molecule has 0 aliphatic carbocycles. The molecule has 2 N–H and O–H groups in total. The lowest BCUT2D eigenvalue weighted by molar-refractivity contribution is -0.133. The minimum absolute atomic E-state index is 0.301.